The molecule has 0 rings (SSSR count). The van der Waals surface area contributed by atoms with Crippen molar-refractivity contribution >= 4 is 11.8 Å². The zero-order valence-corrected chi connectivity index (χ0v) is 9.91. The van der Waals surface area contributed by atoms with Crippen molar-refractivity contribution in [1.82, 2.24) is 5.32 Å². The molecule has 0 saturated heterocycles. The van der Waals surface area contributed by atoms with Crippen molar-refractivity contribution in [2.24, 2.45) is 0 Å². The van der Waals surface area contributed by atoms with E-state index < -0.39 is 5.60 Å². The number of nitrogens with one attached hydrogen (secondary N) is 1. The zero-order chi connectivity index (χ0) is 10.2. The van der Waals surface area contributed by atoms with Crippen LogP contribution >= 0.6 is 11.8 Å². The molecule has 0 heterocycles. The van der Waals surface area contributed by atoms with Crippen LogP contribution in [0.1, 0.15) is 33.1 Å². The highest BCUT2D eigenvalue weighted by Gasteiger charge is 2.10. The fourth-order valence-electron chi connectivity index (χ4n) is 1.07. The van der Waals surface area contributed by atoms with E-state index >= 15 is 0 Å². The molecule has 0 aliphatic heterocycles. The van der Waals surface area contributed by atoms with E-state index in [4.69, 9.17) is 0 Å². The van der Waals surface area contributed by atoms with Crippen LogP contribution in [0.25, 0.3) is 0 Å². The van der Waals surface area contributed by atoms with E-state index in [0.717, 1.165) is 6.54 Å². The summed E-state index contributed by atoms with van der Waals surface area (Å²) in [7, 11) is 0. The SMILES string of the molecule is CSCCCCCNCC(C)(C)O. The van der Waals surface area contributed by atoms with Gasteiger partial charge >= 0.3 is 0 Å². The normalized spacial score (nSPS) is 12.0. The average molecular weight is 205 g/mol. The van der Waals surface area contributed by atoms with Gasteiger partial charge in [-0.25, -0.2) is 0 Å². The molecule has 3 heteroatoms. The predicted molar refractivity (Wildman–Crippen MR) is 61.4 cm³/mol. The molecule has 0 bridgehead atoms. The van der Waals surface area contributed by atoms with Crippen LogP contribution in [0.15, 0.2) is 0 Å². The highest BCUT2D eigenvalue weighted by Crippen LogP contribution is 2.02. The van der Waals surface area contributed by atoms with Crippen LogP contribution in [0.2, 0.25) is 0 Å². The number of aliphatic hydroxyl groups is 1. The Morgan fingerprint density at radius 2 is 1.92 bits per heavy atom. The molecule has 0 aromatic rings. The van der Waals surface area contributed by atoms with Gasteiger partial charge < -0.3 is 10.4 Å². The molecule has 80 valence electrons. The van der Waals surface area contributed by atoms with E-state index in [1.165, 1.54) is 25.0 Å². The number of rotatable bonds is 8. The Morgan fingerprint density at radius 1 is 1.23 bits per heavy atom. The summed E-state index contributed by atoms with van der Waals surface area (Å²) < 4.78 is 0. The van der Waals surface area contributed by atoms with Crippen molar-refractivity contribution in [1.29, 1.82) is 0 Å². The minimum absolute atomic E-state index is 0.570. The van der Waals surface area contributed by atoms with Gasteiger partial charge in [-0.2, -0.15) is 11.8 Å². The van der Waals surface area contributed by atoms with Gasteiger partial charge in [-0.05, 0) is 45.2 Å². The first-order valence-electron chi connectivity index (χ1n) is 4.98. The summed E-state index contributed by atoms with van der Waals surface area (Å²) in [5, 5.41) is 12.6. The zero-order valence-electron chi connectivity index (χ0n) is 9.10. The van der Waals surface area contributed by atoms with Gasteiger partial charge in [0.15, 0.2) is 0 Å². The quantitative estimate of drug-likeness (QED) is 0.593. The average Bonchev–Trinajstić information content (AvgIpc) is 2.01. The molecule has 0 radical (unpaired) electrons. The minimum atomic E-state index is -0.570. The van der Waals surface area contributed by atoms with Gasteiger partial charge in [0.2, 0.25) is 0 Å². The Labute approximate surface area is 86.5 Å². The first-order chi connectivity index (χ1) is 6.06. The molecule has 0 amide bonds. The maximum Gasteiger partial charge on any atom is 0.0715 e. The van der Waals surface area contributed by atoms with Crippen LogP contribution in [-0.2, 0) is 0 Å². The van der Waals surface area contributed by atoms with Crippen molar-refractivity contribution in [3.05, 3.63) is 0 Å². The Bertz CT molecular complexity index is 112. The predicted octanol–water partition coefficient (Wildman–Crippen LogP) is 1.88. The molecule has 0 aliphatic rings. The number of unbranched alkanes of at least 4 members (excludes halogenated alkanes) is 2. The van der Waals surface area contributed by atoms with Crippen LogP contribution in [0.5, 0.6) is 0 Å². The van der Waals surface area contributed by atoms with Gasteiger partial charge in [0.25, 0.3) is 0 Å². The van der Waals surface area contributed by atoms with E-state index in [1.807, 2.05) is 25.6 Å². The van der Waals surface area contributed by atoms with Crippen molar-refractivity contribution in [2.45, 2.75) is 38.7 Å². The minimum Gasteiger partial charge on any atom is -0.389 e. The maximum atomic E-state index is 9.39. The van der Waals surface area contributed by atoms with Crippen molar-refractivity contribution in [3.63, 3.8) is 0 Å². The van der Waals surface area contributed by atoms with E-state index in [2.05, 4.69) is 11.6 Å². The third-order valence-corrected chi connectivity index (χ3v) is 2.46. The topological polar surface area (TPSA) is 32.3 Å². The molecule has 0 saturated carbocycles. The second kappa shape index (κ2) is 7.65. The van der Waals surface area contributed by atoms with E-state index in [0.29, 0.717) is 6.54 Å². The maximum absolute atomic E-state index is 9.39. The Balaban J connectivity index is 3.00. The summed E-state index contributed by atoms with van der Waals surface area (Å²) in [6, 6.07) is 0. The molecule has 0 fully saturated rings. The highest BCUT2D eigenvalue weighted by atomic mass is 32.2. The van der Waals surface area contributed by atoms with E-state index in [9.17, 15) is 5.11 Å². The summed E-state index contributed by atoms with van der Waals surface area (Å²) in [6.07, 6.45) is 5.97. The van der Waals surface area contributed by atoms with Crippen molar-refractivity contribution < 1.29 is 5.11 Å². The molecule has 0 aliphatic carbocycles. The molecular formula is C10H23NOS. The highest BCUT2D eigenvalue weighted by molar-refractivity contribution is 7.98. The fourth-order valence-corrected chi connectivity index (χ4v) is 1.56. The molecular weight excluding hydrogens is 182 g/mol. The summed E-state index contributed by atoms with van der Waals surface area (Å²) in [4.78, 5) is 0. The summed E-state index contributed by atoms with van der Waals surface area (Å²) in [5.74, 6) is 1.27. The lowest BCUT2D eigenvalue weighted by molar-refractivity contribution is 0.0799. The molecule has 2 N–H and O–H groups in total. The second-order valence-corrected chi connectivity index (χ2v) is 5.03. The standard InChI is InChI=1S/C10H23NOS/c1-10(2,12)9-11-7-5-4-6-8-13-3/h11-12H,4-9H2,1-3H3. The smallest absolute Gasteiger partial charge is 0.0715 e. The lowest BCUT2D eigenvalue weighted by Gasteiger charge is -2.17. The second-order valence-electron chi connectivity index (χ2n) is 4.04. The van der Waals surface area contributed by atoms with Crippen molar-refractivity contribution in [3.8, 4) is 0 Å². The van der Waals surface area contributed by atoms with Crippen LogP contribution < -0.4 is 5.32 Å². The molecule has 2 nitrogen and oxygen atoms in total. The Kier molecular flexibility index (Phi) is 7.81. The van der Waals surface area contributed by atoms with Crippen LogP contribution in [0.4, 0.5) is 0 Å². The first-order valence-corrected chi connectivity index (χ1v) is 6.38. The largest absolute Gasteiger partial charge is 0.389 e. The number of hydrogen-bond acceptors (Lipinski definition) is 3. The van der Waals surface area contributed by atoms with Crippen LogP contribution in [0, 0.1) is 0 Å². The number of hydrogen-bond donors (Lipinski definition) is 2. The third-order valence-electron chi connectivity index (χ3n) is 1.76. The fraction of sp³-hybridized carbons (Fsp3) is 1.00. The summed E-state index contributed by atoms with van der Waals surface area (Å²) in [5.41, 5.74) is -0.570. The van der Waals surface area contributed by atoms with Gasteiger partial charge in [-0.15, -0.1) is 0 Å². The monoisotopic (exact) mass is 205 g/mol. The summed E-state index contributed by atoms with van der Waals surface area (Å²) in [6.45, 7) is 5.37. The van der Waals surface area contributed by atoms with Crippen molar-refractivity contribution in [2.75, 3.05) is 25.1 Å². The molecule has 0 unspecified atom stereocenters. The van der Waals surface area contributed by atoms with Gasteiger partial charge in [0, 0.05) is 6.54 Å². The van der Waals surface area contributed by atoms with Gasteiger partial charge in [0.1, 0.15) is 0 Å². The van der Waals surface area contributed by atoms with E-state index in [1.54, 1.807) is 0 Å². The lowest BCUT2D eigenvalue weighted by atomic mass is 10.1. The first kappa shape index (κ1) is 13.3. The summed E-state index contributed by atoms with van der Waals surface area (Å²) >= 11 is 1.91. The Morgan fingerprint density at radius 3 is 2.46 bits per heavy atom. The van der Waals surface area contributed by atoms with Gasteiger partial charge in [0.05, 0.1) is 5.60 Å². The van der Waals surface area contributed by atoms with Gasteiger partial charge in [-0.3, -0.25) is 0 Å². The molecule has 0 aromatic carbocycles. The molecule has 0 atom stereocenters. The van der Waals surface area contributed by atoms with Crippen LogP contribution in [-0.4, -0.2) is 35.8 Å². The van der Waals surface area contributed by atoms with E-state index in [-0.39, 0.29) is 0 Å². The Hall–Kier alpha value is 0.270. The number of thioether (sulfide) groups is 1. The molecule has 0 spiro atoms. The van der Waals surface area contributed by atoms with Crippen LogP contribution in [0.3, 0.4) is 0 Å². The third kappa shape index (κ3) is 12.3. The molecule has 0 aromatic heterocycles. The molecule has 13 heavy (non-hydrogen) atoms. The lowest BCUT2D eigenvalue weighted by Crippen LogP contribution is -2.35. The van der Waals surface area contributed by atoms with Gasteiger partial charge in [-0.1, -0.05) is 6.42 Å².